The molecule has 1 aliphatic rings. The second-order valence-corrected chi connectivity index (χ2v) is 5.41. The van der Waals surface area contributed by atoms with Gasteiger partial charge in [-0.2, -0.15) is 0 Å². The van der Waals surface area contributed by atoms with Crippen LogP contribution in [-0.2, 0) is 4.79 Å². The summed E-state index contributed by atoms with van der Waals surface area (Å²) in [4.78, 5) is 23.1. The first-order chi connectivity index (χ1) is 8.97. The Bertz CT molecular complexity index is 511. The van der Waals surface area contributed by atoms with Gasteiger partial charge in [0, 0.05) is 10.6 Å². The van der Waals surface area contributed by atoms with E-state index in [1.807, 2.05) is 0 Å². The lowest BCUT2D eigenvalue weighted by atomic mass is 10.1. The highest BCUT2D eigenvalue weighted by atomic mass is 35.5. The van der Waals surface area contributed by atoms with E-state index in [1.54, 1.807) is 25.1 Å². The molecule has 5 heteroatoms. The molecule has 19 heavy (non-hydrogen) atoms. The largest absolute Gasteiger partial charge is 0.480 e. The molecule has 0 saturated heterocycles. The highest BCUT2D eigenvalue weighted by Crippen LogP contribution is 2.33. The van der Waals surface area contributed by atoms with E-state index in [0.717, 1.165) is 18.4 Å². The van der Waals surface area contributed by atoms with Gasteiger partial charge in [0.1, 0.15) is 6.04 Å². The van der Waals surface area contributed by atoms with Crippen LogP contribution in [-0.4, -0.2) is 23.0 Å². The Labute approximate surface area is 116 Å². The molecule has 0 radical (unpaired) electrons. The van der Waals surface area contributed by atoms with Gasteiger partial charge >= 0.3 is 5.97 Å². The van der Waals surface area contributed by atoms with E-state index in [-0.39, 0.29) is 5.91 Å². The topological polar surface area (TPSA) is 66.4 Å². The van der Waals surface area contributed by atoms with Gasteiger partial charge in [-0.1, -0.05) is 24.4 Å². The van der Waals surface area contributed by atoms with Crippen molar-refractivity contribution in [2.24, 2.45) is 5.92 Å². The lowest BCUT2D eigenvalue weighted by Gasteiger charge is -2.14. The fraction of sp³-hybridized carbons (Fsp3) is 0.429. The number of carboxylic acids is 1. The van der Waals surface area contributed by atoms with Crippen molar-refractivity contribution in [3.63, 3.8) is 0 Å². The number of hydrogen-bond acceptors (Lipinski definition) is 2. The van der Waals surface area contributed by atoms with E-state index in [4.69, 9.17) is 16.7 Å². The van der Waals surface area contributed by atoms with Crippen LogP contribution in [0.25, 0.3) is 0 Å². The van der Waals surface area contributed by atoms with E-state index < -0.39 is 12.0 Å². The standard InChI is InChI=1S/C14H16ClNO3/c1-8-6-10(4-5-11(8)15)13(17)16-12(14(18)19)7-9-2-3-9/h4-6,9,12H,2-3,7H2,1H3,(H,16,17)(H,18,19)/t12-/m0/s1. The first-order valence-electron chi connectivity index (χ1n) is 6.27. The zero-order chi connectivity index (χ0) is 14.0. The number of halogens is 1. The predicted molar refractivity (Wildman–Crippen MR) is 72.4 cm³/mol. The Morgan fingerprint density at radius 1 is 1.47 bits per heavy atom. The average Bonchev–Trinajstić information content (AvgIpc) is 3.15. The third-order valence-corrected chi connectivity index (χ3v) is 3.71. The zero-order valence-electron chi connectivity index (χ0n) is 10.6. The summed E-state index contributed by atoms with van der Waals surface area (Å²) < 4.78 is 0. The molecule has 1 atom stereocenters. The van der Waals surface area contributed by atoms with Crippen LogP contribution >= 0.6 is 11.6 Å². The second-order valence-electron chi connectivity index (χ2n) is 5.01. The van der Waals surface area contributed by atoms with Crippen LogP contribution in [0.1, 0.15) is 35.2 Å². The molecule has 0 bridgehead atoms. The first-order valence-corrected chi connectivity index (χ1v) is 6.65. The zero-order valence-corrected chi connectivity index (χ0v) is 11.4. The molecule has 0 unspecified atom stereocenters. The number of carboxylic acid groups (broad SMARTS) is 1. The summed E-state index contributed by atoms with van der Waals surface area (Å²) in [5.41, 5.74) is 1.23. The van der Waals surface area contributed by atoms with Crippen molar-refractivity contribution in [3.05, 3.63) is 34.3 Å². The normalized spacial score (nSPS) is 15.9. The monoisotopic (exact) mass is 281 g/mol. The minimum atomic E-state index is -0.981. The number of rotatable bonds is 5. The maximum atomic E-state index is 12.0. The van der Waals surface area contributed by atoms with Crippen LogP contribution in [0.5, 0.6) is 0 Å². The highest BCUT2D eigenvalue weighted by molar-refractivity contribution is 6.31. The number of benzene rings is 1. The number of amides is 1. The van der Waals surface area contributed by atoms with Crippen LogP contribution in [0, 0.1) is 12.8 Å². The lowest BCUT2D eigenvalue weighted by Crippen LogP contribution is -2.41. The molecule has 1 fully saturated rings. The van der Waals surface area contributed by atoms with Crippen molar-refractivity contribution in [2.75, 3.05) is 0 Å². The molecular formula is C14H16ClNO3. The van der Waals surface area contributed by atoms with E-state index in [9.17, 15) is 9.59 Å². The molecule has 1 amide bonds. The van der Waals surface area contributed by atoms with E-state index >= 15 is 0 Å². The summed E-state index contributed by atoms with van der Waals surface area (Å²) in [5, 5.41) is 12.3. The summed E-state index contributed by atoms with van der Waals surface area (Å²) in [6, 6.07) is 4.09. The minimum absolute atomic E-state index is 0.368. The first kappa shape index (κ1) is 13.9. The van der Waals surface area contributed by atoms with Crippen LogP contribution in [0.3, 0.4) is 0 Å². The van der Waals surface area contributed by atoms with Gasteiger partial charge in [0.05, 0.1) is 0 Å². The molecule has 0 aliphatic heterocycles. The molecule has 0 spiro atoms. The van der Waals surface area contributed by atoms with Gasteiger partial charge in [0.15, 0.2) is 0 Å². The predicted octanol–water partition coefficient (Wildman–Crippen LogP) is 2.63. The summed E-state index contributed by atoms with van der Waals surface area (Å²) >= 11 is 5.89. The maximum absolute atomic E-state index is 12.0. The van der Waals surface area contributed by atoms with E-state index in [0.29, 0.717) is 22.9 Å². The van der Waals surface area contributed by atoms with Crippen molar-refractivity contribution in [2.45, 2.75) is 32.2 Å². The number of carbonyl (C=O) groups excluding carboxylic acids is 1. The molecular weight excluding hydrogens is 266 g/mol. The Morgan fingerprint density at radius 2 is 2.16 bits per heavy atom. The van der Waals surface area contributed by atoms with Crippen LogP contribution < -0.4 is 5.32 Å². The molecule has 4 nitrogen and oxygen atoms in total. The van der Waals surface area contributed by atoms with Crippen molar-refractivity contribution in [1.29, 1.82) is 0 Å². The molecule has 2 rings (SSSR count). The molecule has 102 valence electrons. The van der Waals surface area contributed by atoms with Gasteiger partial charge in [-0.15, -0.1) is 0 Å². The van der Waals surface area contributed by atoms with Gasteiger partial charge in [0.25, 0.3) is 5.91 Å². The van der Waals surface area contributed by atoms with Crippen molar-refractivity contribution in [3.8, 4) is 0 Å². The summed E-state index contributed by atoms with van der Waals surface area (Å²) in [7, 11) is 0. The van der Waals surface area contributed by atoms with Crippen molar-refractivity contribution in [1.82, 2.24) is 5.32 Å². The van der Waals surface area contributed by atoms with Crippen molar-refractivity contribution < 1.29 is 14.7 Å². The van der Waals surface area contributed by atoms with Gasteiger partial charge in [0.2, 0.25) is 0 Å². The molecule has 1 aliphatic carbocycles. The minimum Gasteiger partial charge on any atom is -0.480 e. The second kappa shape index (κ2) is 5.61. The van der Waals surface area contributed by atoms with Crippen LogP contribution in [0.4, 0.5) is 0 Å². The Morgan fingerprint density at radius 3 is 2.68 bits per heavy atom. The van der Waals surface area contributed by atoms with E-state index in [1.165, 1.54) is 0 Å². The molecule has 0 heterocycles. The Balaban J connectivity index is 2.05. The molecule has 0 aromatic heterocycles. The third kappa shape index (κ3) is 3.70. The fourth-order valence-corrected chi connectivity index (χ4v) is 2.05. The van der Waals surface area contributed by atoms with Gasteiger partial charge < -0.3 is 10.4 Å². The van der Waals surface area contributed by atoms with Gasteiger partial charge in [-0.05, 0) is 43.0 Å². The van der Waals surface area contributed by atoms with Gasteiger partial charge in [-0.3, -0.25) is 4.79 Å². The Kier molecular flexibility index (Phi) is 4.10. The molecule has 2 N–H and O–H groups in total. The average molecular weight is 282 g/mol. The van der Waals surface area contributed by atoms with E-state index in [2.05, 4.69) is 5.32 Å². The number of carbonyl (C=O) groups is 2. The lowest BCUT2D eigenvalue weighted by molar-refractivity contribution is -0.139. The van der Waals surface area contributed by atoms with Crippen molar-refractivity contribution >= 4 is 23.5 Å². The number of hydrogen-bond donors (Lipinski definition) is 2. The number of nitrogens with one attached hydrogen (secondary N) is 1. The SMILES string of the molecule is Cc1cc(C(=O)N[C@@H](CC2CC2)C(=O)O)ccc1Cl. The summed E-state index contributed by atoms with van der Waals surface area (Å²) in [6.07, 6.45) is 2.62. The highest BCUT2D eigenvalue weighted by Gasteiger charge is 2.30. The number of aryl methyl sites for hydroxylation is 1. The maximum Gasteiger partial charge on any atom is 0.326 e. The quantitative estimate of drug-likeness (QED) is 0.872. The summed E-state index contributed by atoms with van der Waals surface area (Å²) in [6.45, 7) is 1.80. The van der Waals surface area contributed by atoms with Crippen LogP contribution in [0.2, 0.25) is 5.02 Å². The molecule has 1 aromatic carbocycles. The van der Waals surface area contributed by atoms with Crippen LogP contribution in [0.15, 0.2) is 18.2 Å². The number of aliphatic carboxylic acids is 1. The van der Waals surface area contributed by atoms with Gasteiger partial charge in [-0.25, -0.2) is 4.79 Å². The third-order valence-electron chi connectivity index (χ3n) is 3.29. The fourth-order valence-electron chi connectivity index (χ4n) is 1.94. The molecule has 1 aromatic rings. The summed E-state index contributed by atoms with van der Waals surface area (Å²) in [5.74, 6) is -0.910. The smallest absolute Gasteiger partial charge is 0.326 e. The Hall–Kier alpha value is -1.55. The molecule has 1 saturated carbocycles.